The molecular weight excluding hydrogens is 288 g/mol. The van der Waals surface area contributed by atoms with Crippen LogP contribution >= 0.6 is 0 Å². The first-order valence-electron chi connectivity index (χ1n) is 7.13. The number of fused-ring (bicyclic) bond motifs is 1. The lowest BCUT2D eigenvalue weighted by Gasteiger charge is -2.07. The van der Waals surface area contributed by atoms with Crippen LogP contribution in [0.1, 0.15) is 40.8 Å². The topological polar surface area (TPSA) is 101 Å². The van der Waals surface area contributed by atoms with Crippen molar-refractivity contribution in [3.63, 3.8) is 0 Å². The van der Waals surface area contributed by atoms with Gasteiger partial charge in [-0.1, -0.05) is 0 Å². The van der Waals surface area contributed by atoms with Crippen LogP contribution in [0.25, 0.3) is 17.2 Å². The second-order valence-corrected chi connectivity index (χ2v) is 5.52. The van der Waals surface area contributed by atoms with Crippen LogP contribution in [0.4, 0.5) is 5.82 Å². The largest absolute Gasteiger partial charge is 0.462 e. The molecule has 0 aromatic carbocycles. The Balaban J connectivity index is 2.34. The van der Waals surface area contributed by atoms with Crippen LogP contribution in [0.15, 0.2) is 22.1 Å². The average molecular weight is 303 g/mol. The minimum absolute atomic E-state index is 0.277. The van der Waals surface area contributed by atoms with Crippen molar-refractivity contribution in [3.8, 4) is 12.1 Å². The van der Waals surface area contributed by atoms with Gasteiger partial charge in [0, 0.05) is 5.56 Å². The number of nitrogen functional groups attached to an aromatic ring is 1. The highest BCUT2D eigenvalue weighted by atomic mass is 16.3. The first-order valence-corrected chi connectivity index (χ1v) is 7.13. The van der Waals surface area contributed by atoms with Crippen LogP contribution in [-0.2, 0) is 0 Å². The molecule has 2 aromatic heterocycles. The predicted molar refractivity (Wildman–Crippen MR) is 86.4 cm³/mol. The van der Waals surface area contributed by atoms with E-state index in [1.165, 1.54) is 0 Å². The number of pyridine rings is 1. The smallest absolute Gasteiger partial charge is 0.289 e. The van der Waals surface area contributed by atoms with E-state index in [0.717, 1.165) is 28.0 Å². The summed E-state index contributed by atoms with van der Waals surface area (Å²) in [6, 6.07) is 8.10. The van der Waals surface area contributed by atoms with Crippen molar-refractivity contribution >= 4 is 23.0 Å². The molecular formula is C18H15N4O+. The number of aromatic amines is 1. The van der Waals surface area contributed by atoms with Crippen LogP contribution < -0.4 is 10.7 Å². The fraction of sp³-hybridized carbons (Fsp3) is 0.167. The Hall–Kier alpha value is -3.31. The Morgan fingerprint density at radius 3 is 2.48 bits per heavy atom. The number of furan rings is 1. The Bertz CT molecular complexity index is 978. The number of aromatic nitrogens is 1. The number of nitrogens with two attached hydrogens (primary N) is 1. The SMILES string of the molecule is CC1=C(C#N)c2[nH+]c(N)c(C#N)c(C)c2/C1=C/c1ccc(C)o1. The summed E-state index contributed by atoms with van der Waals surface area (Å²) in [6.45, 7) is 5.60. The summed E-state index contributed by atoms with van der Waals surface area (Å²) in [5, 5.41) is 18.8. The fourth-order valence-corrected chi connectivity index (χ4v) is 2.95. The molecule has 0 bridgehead atoms. The van der Waals surface area contributed by atoms with Crippen molar-refractivity contribution in [1.29, 1.82) is 10.5 Å². The monoisotopic (exact) mass is 303 g/mol. The third-order valence-corrected chi connectivity index (χ3v) is 4.10. The quantitative estimate of drug-likeness (QED) is 0.874. The second kappa shape index (κ2) is 5.15. The van der Waals surface area contributed by atoms with Gasteiger partial charge in [-0.05, 0) is 55.7 Å². The van der Waals surface area contributed by atoms with Crippen LogP contribution in [0.2, 0.25) is 0 Å². The molecule has 1 aliphatic rings. The number of nitriles is 2. The summed E-state index contributed by atoms with van der Waals surface area (Å²) in [5.41, 5.74) is 10.8. The zero-order valence-electron chi connectivity index (χ0n) is 13.1. The summed E-state index contributed by atoms with van der Waals surface area (Å²) in [5.74, 6) is 1.80. The standard InChI is InChI=1S/C18H14N4O/c1-9-4-5-12(23-9)6-13-10(2)14(7-19)17-16(13)11(3)15(8-20)18(21)22-17/h4-6H,1-3H3,(H2,21,22)/p+1/b13-6+. The maximum absolute atomic E-state index is 9.50. The van der Waals surface area contributed by atoms with Gasteiger partial charge < -0.3 is 4.42 Å². The second-order valence-electron chi connectivity index (χ2n) is 5.52. The molecule has 112 valence electrons. The predicted octanol–water partition coefficient (Wildman–Crippen LogP) is 3.02. The number of allylic oxidation sites excluding steroid dienone is 3. The summed E-state index contributed by atoms with van der Waals surface area (Å²) in [4.78, 5) is 3.00. The van der Waals surface area contributed by atoms with Gasteiger partial charge in [-0.25, -0.2) is 4.98 Å². The molecule has 3 rings (SSSR count). The van der Waals surface area contributed by atoms with E-state index >= 15 is 0 Å². The number of H-pyrrole nitrogens is 1. The van der Waals surface area contributed by atoms with Gasteiger partial charge >= 0.3 is 0 Å². The summed E-state index contributed by atoms with van der Waals surface area (Å²) < 4.78 is 5.62. The van der Waals surface area contributed by atoms with Crippen LogP contribution in [0.5, 0.6) is 0 Å². The zero-order valence-corrected chi connectivity index (χ0v) is 13.1. The third-order valence-electron chi connectivity index (χ3n) is 4.10. The van der Waals surface area contributed by atoms with E-state index in [9.17, 15) is 10.5 Å². The highest BCUT2D eigenvalue weighted by Gasteiger charge is 2.32. The molecule has 23 heavy (non-hydrogen) atoms. The molecule has 5 nitrogen and oxygen atoms in total. The lowest BCUT2D eigenvalue weighted by molar-refractivity contribution is -0.364. The molecule has 0 aliphatic heterocycles. The highest BCUT2D eigenvalue weighted by molar-refractivity contribution is 6.07. The number of aryl methyl sites for hydroxylation is 1. The number of hydrogen-bond acceptors (Lipinski definition) is 4. The van der Waals surface area contributed by atoms with Crippen LogP contribution in [-0.4, -0.2) is 0 Å². The van der Waals surface area contributed by atoms with Crippen LogP contribution in [0.3, 0.4) is 0 Å². The van der Waals surface area contributed by atoms with Crippen molar-refractivity contribution in [2.75, 3.05) is 5.73 Å². The van der Waals surface area contributed by atoms with Crippen molar-refractivity contribution in [3.05, 3.63) is 51.6 Å². The molecule has 1 aliphatic carbocycles. The minimum Gasteiger partial charge on any atom is -0.462 e. The number of nitrogens with zero attached hydrogens (tertiary/aromatic N) is 2. The third kappa shape index (κ3) is 2.11. The molecule has 0 saturated heterocycles. The molecule has 0 fully saturated rings. The number of hydrogen-bond donors (Lipinski definition) is 1. The van der Waals surface area contributed by atoms with E-state index < -0.39 is 0 Å². The molecule has 0 saturated carbocycles. The summed E-state index contributed by atoms with van der Waals surface area (Å²) in [6.07, 6.45) is 1.89. The molecule has 0 amide bonds. The van der Waals surface area contributed by atoms with E-state index in [2.05, 4.69) is 17.1 Å². The fourth-order valence-electron chi connectivity index (χ4n) is 2.95. The van der Waals surface area contributed by atoms with Gasteiger partial charge in [0.2, 0.25) is 0 Å². The van der Waals surface area contributed by atoms with E-state index in [1.807, 2.05) is 39.0 Å². The van der Waals surface area contributed by atoms with Gasteiger partial charge in [0.15, 0.2) is 5.69 Å². The molecule has 0 spiro atoms. The molecule has 2 heterocycles. The summed E-state index contributed by atoms with van der Waals surface area (Å²) >= 11 is 0. The van der Waals surface area contributed by atoms with Gasteiger partial charge in [0.1, 0.15) is 34.8 Å². The van der Waals surface area contributed by atoms with Gasteiger partial charge in [0.25, 0.3) is 5.82 Å². The van der Waals surface area contributed by atoms with Gasteiger partial charge in [-0.2, -0.15) is 10.5 Å². The van der Waals surface area contributed by atoms with Gasteiger partial charge in [-0.15, -0.1) is 0 Å². The van der Waals surface area contributed by atoms with Gasteiger partial charge in [-0.3, -0.25) is 5.73 Å². The Kier molecular flexibility index (Phi) is 3.28. The normalized spacial score (nSPS) is 14.7. The lowest BCUT2D eigenvalue weighted by atomic mass is 9.96. The Morgan fingerprint density at radius 1 is 1.17 bits per heavy atom. The molecule has 0 unspecified atom stereocenters. The number of nitrogens with one attached hydrogen (secondary N) is 1. The van der Waals surface area contributed by atoms with Crippen molar-refractivity contribution in [2.45, 2.75) is 20.8 Å². The molecule has 0 radical (unpaired) electrons. The van der Waals surface area contributed by atoms with Gasteiger partial charge in [0.05, 0.1) is 0 Å². The Morgan fingerprint density at radius 2 is 1.91 bits per heavy atom. The molecule has 5 heteroatoms. The average Bonchev–Trinajstić information content (AvgIpc) is 3.02. The van der Waals surface area contributed by atoms with Crippen molar-refractivity contribution in [2.24, 2.45) is 0 Å². The minimum atomic E-state index is 0.277. The summed E-state index contributed by atoms with van der Waals surface area (Å²) in [7, 11) is 0. The highest BCUT2D eigenvalue weighted by Crippen LogP contribution is 2.42. The maximum Gasteiger partial charge on any atom is 0.289 e. The van der Waals surface area contributed by atoms with E-state index in [1.54, 1.807) is 0 Å². The first-order chi connectivity index (χ1) is 11.0. The van der Waals surface area contributed by atoms with Crippen molar-refractivity contribution < 1.29 is 9.40 Å². The van der Waals surface area contributed by atoms with Crippen LogP contribution in [0, 0.1) is 36.5 Å². The molecule has 3 N–H and O–H groups in total. The first kappa shape index (κ1) is 14.6. The molecule has 0 atom stereocenters. The van der Waals surface area contributed by atoms with E-state index in [0.29, 0.717) is 22.6 Å². The lowest BCUT2D eigenvalue weighted by Crippen LogP contribution is -2.20. The van der Waals surface area contributed by atoms with E-state index in [4.69, 9.17) is 10.2 Å². The molecule has 2 aromatic rings. The van der Waals surface area contributed by atoms with Crippen molar-refractivity contribution in [1.82, 2.24) is 0 Å². The number of rotatable bonds is 1. The van der Waals surface area contributed by atoms with E-state index in [-0.39, 0.29) is 5.82 Å². The number of anilines is 1. The maximum atomic E-state index is 9.50. The zero-order chi connectivity index (χ0) is 16.7. The Labute approximate surface area is 134 Å².